The minimum atomic E-state index is -1.27. The van der Waals surface area contributed by atoms with Gasteiger partial charge >= 0.3 is 0 Å². The van der Waals surface area contributed by atoms with Gasteiger partial charge in [-0.05, 0) is 18.2 Å². The number of benzene rings is 1. The molecule has 0 amide bonds. The van der Waals surface area contributed by atoms with Crippen molar-refractivity contribution in [1.82, 2.24) is 14.5 Å². The number of hydrogen-bond donors (Lipinski definition) is 1. The lowest BCUT2D eigenvalue weighted by Crippen LogP contribution is -2.23. The first-order chi connectivity index (χ1) is 10.1. The van der Waals surface area contributed by atoms with E-state index in [0.717, 1.165) is 10.2 Å². The van der Waals surface area contributed by atoms with Crippen molar-refractivity contribution < 1.29 is 9.90 Å². The van der Waals surface area contributed by atoms with E-state index in [-0.39, 0.29) is 5.56 Å². The van der Waals surface area contributed by atoms with Crippen LogP contribution in [0.1, 0.15) is 10.4 Å². The number of fused-ring (bicyclic) bond motifs is 1. The second-order valence-corrected chi connectivity index (χ2v) is 5.41. The summed E-state index contributed by atoms with van der Waals surface area (Å²) in [6, 6.07) is 7.57. The summed E-state index contributed by atoms with van der Waals surface area (Å²) in [5, 5.41) is 14.3. The highest BCUT2D eigenvalue weighted by atomic mass is 79.9. The molecule has 0 fully saturated rings. The third-order valence-electron chi connectivity index (χ3n) is 3.05. The highest BCUT2D eigenvalue weighted by Crippen LogP contribution is 2.26. The van der Waals surface area contributed by atoms with Crippen LogP contribution >= 0.6 is 15.9 Å². The molecule has 3 rings (SSSR count). The molecule has 2 heterocycles. The van der Waals surface area contributed by atoms with E-state index in [1.807, 2.05) is 24.3 Å². The molecule has 106 valence electrons. The molecular weight excluding hydrogens is 336 g/mol. The molecule has 1 aromatic carbocycles. The van der Waals surface area contributed by atoms with Gasteiger partial charge in [0.05, 0.1) is 17.8 Å². The van der Waals surface area contributed by atoms with E-state index >= 15 is 0 Å². The predicted octanol–water partition coefficient (Wildman–Crippen LogP) is 1.84. The first kappa shape index (κ1) is 13.6. The van der Waals surface area contributed by atoms with Gasteiger partial charge in [0.15, 0.2) is 5.82 Å². The van der Waals surface area contributed by atoms with Gasteiger partial charge in [-0.15, -0.1) is 0 Å². The Morgan fingerprint density at radius 2 is 2.19 bits per heavy atom. The Balaban J connectivity index is 2.12. The summed E-state index contributed by atoms with van der Waals surface area (Å²) in [5.41, 5.74) is 1.80. The van der Waals surface area contributed by atoms with Crippen molar-refractivity contribution in [3.63, 3.8) is 0 Å². The quantitative estimate of drug-likeness (QED) is 0.782. The first-order valence-electron chi connectivity index (χ1n) is 6.10. The number of carbonyl (C=O) groups is 1. The summed E-state index contributed by atoms with van der Waals surface area (Å²) in [7, 11) is 1.73. The average Bonchev–Trinajstić information content (AvgIpc) is 2.82. The van der Waals surface area contributed by atoms with Gasteiger partial charge in [-0.2, -0.15) is 0 Å². The summed E-state index contributed by atoms with van der Waals surface area (Å²) < 4.78 is 2.56. The lowest BCUT2D eigenvalue weighted by molar-refractivity contribution is -0.254. The lowest BCUT2D eigenvalue weighted by Gasteiger charge is -2.10. The van der Waals surface area contributed by atoms with Crippen molar-refractivity contribution in [3.8, 4) is 0 Å². The first-order valence-corrected chi connectivity index (χ1v) is 6.89. The maximum absolute atomic E-state index is 11.2. The Labute approximate surface area is 128 Å². The molecule has 0 bridgehead atoms. The number of aromatic nitrogens is 3. The van der Waals surface area contributed by atoms with Gasteiger partial charge in [0.2, 0.25) is 0 Å². The van der Waals surface area contributed by atoms with Crippen molar-refractivity contribution in [2.45, 2.75) is 0 Å². The smallest absolute Gasteiger partial charge is 0.158 e. The van der Waals surface area contributed by atoms with Gasteiger partial charge in [-0.1, -0.05) is 22.0 Å². The third kappa shape index (κ3) is 2.47. The molecule has 0 aliphatic carbocycles. The highest BCUT2D eigenvalue weighted by Gasteiger charge is 2.13. The number of aromatic carboxylic acids is 1. The minimum absolute atomic E-state index is 0.0183. The summed E-state index contributed by atoms with van der Waals surface area (Å²) in [6.07, 6.45) is 2.82. The molecule has 7 heteroatoms. The van der Waals surface area contributed by atoms with E-state index in [1.54, 1.807) is 17.9 Å². The SMILES string of the molecule is Cn1cnc2c(Nc3cccc(Br)c3)ncc(C(=O)[O-])c21. The number of rotatable bonds is 3. The van der Waals surface area contributed by atoms with Gasteiger partial charge in [0.25, 0.3) is 0 Å². The van der Waals surface area contributed by atoms with E-state index in [1.165, 1.54) is 6.20 Å². The fourth-order valence-electron chi connectivity index (χ4n) is 2.12. The molecule has 0 unspecified atom stereocenters. The predicted molar refractivity (Wildman–Crippen MR) is 80.3 cm³/mol. The lowest BCUT2D eigenvalue weighted by atomic mass is 10.2. The van der Waals surface area contributed by atoms with Crippen LogP contribution in [0.2, 0.25) is 0 Å². The number of carbonyl (C=O) groups excluding carboxylic acids is 1. The van der Waals surface area contributed by atoms with Gasteiger partial charge in [-0.3, -0.25) is 0 Å². The highest BCUT2D eigenvalue weighted by molar-refractivity contribution is 9.10. The van der Waals surface area contributed by atoms with E-state index in [0.29, 0.717) is 16.9 Å². The zero-order valence-corrected chi connectivity index (χ0v) is 12.6. The number of aryl methyl sites for hydroxylation is 1. The van der Waals surface area contributed by atoms with Crippen molar-refractivity contribution in [2.75, 3.05) is 5.32 Å². The van der Waals surface area contributed by atoms with Gasteiger partial charge < -0.3 is 19.8 Å². The number of carboxylic acids is 1. The molecule has 0 spiro atoms. The molecular formula is C14H10BrN4O2-. The maximum atomic E-state index is 11.2. The van der Waals surface area contributed by atoms with Crippen LogP contribution in [-0.2, 0) is 7.05 Å². The molecule has 3 aromatic rings. The van der Waals surface area contributed by atoms with Crippen LogP contribution in [0.4, 0.5) is 11.5 Å². The van der Waals surface area contributed by atoms with Crippen LogP contribution < -0.4 is 10.4 Å². The monoisotopic (exact) mass is 345 g/mol. The zero-order chi connectivity index (χ0) is 15.0. The topological polar surface area (TPSA) is 82.9 Å². The summed E-state index contributed by atoms with van der Waals surface area (Å²) in [4.78, 5) is 19.5. The number of halogens is 1. The largest absolute Gasteiger partial charge is 0.545 e. The second kappa shape index (κ2) is 5.17. The normalized spacial score (nSPS) is 10.8. The molecule has 21 heavy (non-hydrogen) atoms. The molecule has 2 aromatic heterocycles. The van der Waals surface area contributed by atoms with E-state index in [4.69, 9.17) is 0 Å². The molecule has 0 radical (unpaired) electrons. The Bertz CT molecular complexity index is 844. The summed E-state index contributed by atoms with van der Waals surface area (Å²) >= 11 is 3.39. The average molecular weight is 346 g/mol. The van der Waals surface area contributed by atoms with E-state index in [2.05, 4.69) is 31.2 Å². The fourth-order valence-corrected chi connectivity index (χ4v) is 2.52. The van der Waals surface area contributed by atoms with Crippen LogP contribution in [0.5, 0.6) is 0 Å². The van der Waals surface area contributed by atoms with E-state index in [9.17, 15) is 9.90 Å². The molecule has 0 saturated heterocycles. The van der Waals surface area contributed by atoms with Gasteiger partial charge in [0.1, 0.15) is 5.52 Å². The molecule has 1 N–H and O–H groups in total. The standard InChI is InChI=1S/C14H11BrN4O2/c1-19-7-17-11-12(19)10(14(20)21)6-16-13(11)18-9-4-2-3-8(15)5-9/h2-7H,1H3,(H,16,18)(H,20,21)/p-1. The summed E-state index contributed by atoms with van der Waals surface area (Å²) in [6.45, 7) is 0. The molecule has 0 aliphatic rings. The van der Waals surface area contributed by atoms with Crippen molar-refractivity contribution in [3.05, 3.63) is 46.8 Å². The van der Waals surface area contributed by atoms with Crippen molar-refractivity contribution in [1.29, 1.82) is 0 Å². The number of nitrogens with zero attached hydrogens (tertiary/aromatic N) is 3. The van der Waals surface area contributed by atoms with Gasteiger partial charge in [0, 0.05) is 29.0 Å². The third-order valence-corrected chi connectivity index (χ3v) is 3.54. The molecule has 6 nitrogen and oxygen atoms in total. The van der Waals surface area contributed by atoms with Crippen LogP contribution in [0.3, 0.4) is 0 Å². The number of anilines is 2. The van der Waals surface area contributed by atoms with Gasteiger partial charge in [-0.25, -0.2) is 9.97 Å². The Kier molecular flexibility index (Phi) is 3.34. The van der Waals surface area contributed by atoms with Crippen LogP contribution in [0, 0.1) is 0 Å². The van der Waals surface area contributed by atoms with Crippen molar-refractivity contribution >= 4 is 44.4 Å². The van der Waals surface area contributed by atoms with Crippen molar-refractivity contribution in [2.24, 2.45) is 7.05 Å². The number of pyridine rings is 1. The zero-order valence-electron chi connectivity index (χ0n) is 11.0. The minimum Gasteiger partial charge on any atom is -0.545 e. The molecule has 0 atom stereocenters. The fraction of sp³-hybridized carbons (Fsp3) is 0.0714. The van der Waals surface area contributed by atoms with Crippen LogP contribution in [0.15, 0.2) is 41.3 Å². The molecule has 0 aliphatic heterocycles. The Hall–Kier alpha value is -2.41. The van der Waals surface area contributed by atoms with Crippen LogP contribution in [-0.4, -0.2) is 20.5 Å². The Morgan fingerprint density at radius 3 is 2.90 bits per heavy atom. The summed E-state index contributed by atoms with van der Waals surface area (Å²) in [5.74, 6) is -0.779. The Morgan fingerprint density at radius 1 is 1.38 bits per heavy atom. The molecule has 0 saturated carbocycles. The van der Waals surface area contributed by atoms with Crippen LogP contribution in [0.25, 0.3) is 11.0 Å². The number of nitrogens with one attached hydrogen (secondary N) is 1. The number of carboxylic acid groups (broad SMARTS) is 1. The maximum Gasteiger partial charge on any atom is 0.158 e. The van der Waals surface area contributed by atoms with E-state index < -0.39 is 5.97 Å². The number of imidazole rings is 1. The number of hydrogen-bond acceptors (Lipinski definition) is 5. The second-order valence-electron chi connectivity index (χ2n) is 4.50.